The van der Waals surface area contributed by atoms with Crippen molar-refractivity contribution in [3.8, 4) is 5.75 Å². The van der Waals surface area contributed by atoms with Gasteiger partial charge in [0.2, 0.25) is 5.76 Å². The molecule has 0 bridgehead atoms. The molecule has 35 heavy (non-hydrogen) atoms. The highest BCUT2D eigenvalue weighted by atomic mass is 32.1. The number of esters is 1. The second kappa shape index (κ2) is 8.48. The number of fused-ring (bicyclic) bond motifs is 2. The minimum absolute atomic E-state index is 0.00481. The van der Waals surface area contributed by atoms with Gasteiger partial charge in [0.05, 0.1) is 22.7 Å². The van der Waals surface area contributed by atoms with Crippen LogP contribution < -0.4 is 10.3 Å². The number of benzene rings is 2. The molecule has 8 nitrogen and oxygen atoms in total. The maximum absolute atomic E-state index is 13.9. The van der Waals surface area contributed by atoms with Crippen LogP contribution in [0.2, 0.25) is 0 Å². The Morgan fingerprint density at radius 1 is 1.29 bits per heavy atom. The van der Waals surface area contributed by atoms with Crippen LogP contribution in [0.4, 0.5) is 9.52 Å². The number of thiazole rings is 1. The van der Waals surface area contributed by atoms with Crippen molar-refractivity contribution in [2.75, 3.05) is 11.5 Å². The summed E-state index contributed by atoms with van der Waals surface area (Å²) in [5.74, 6) is -2.08. The van der Waals surface area contributed by atoms with Gasteiger partial charge in [-0.2, -0.15) is 0 Å². The van der Waals surface area contributed by atoms with E-state index in [1.807, 2.05) is 0 Å². The number of anilines is 1. The first-order chi connectivity index (χ1) is 16.8. The first kappa shape index (κ1) is 22.5. The monoisotopic (exact) mass is 492 g/mol. The summed E-state index contributed by atoms with van der Waals surface area (Å²) in [6.45, 7) is 5.13. The molecule has 2 aromatic carbocycles. The third-order valence-corrected chi connectivity index (χ3v) is 6.69. The number of ether oxygens (including phenoxy) is 1. The summed E-state index contributed by atoms with van der Waals surface area (Å²) >= 11 is 0.936. The van der Waals surface area contributed by atoms with E-state index in [9.17, 15) is 23.9 Å². The normalized spacial score (nSPS) is 14.9. The number of phenols is 1. The number of halogens is 1. The summed E-state index contributed by atoms with van der Waals surface area (Å²) in [6, 6.07) is 8.46. The summed E-state index contributed by atoms with van der Waals surface area (Å²) < 4.78 is 24.8. The van der Waals surface area contributed by atoms with Crippen LogP contribution >= 0.6 is 11.3 Å². The van der Waals surface area contributed by atoms with Gasteiger partial charge >= 0.3 is 5.97 Å². The molecule has 2 aromatic heterocycles. The van der Waals surface area contributed by atoms with Crippen molar-refractivity contribution in [1.82, 2.24) is 4.98 Å². The second-order valence-corrected chi connectivity index (χ2v) is 8.76. The van der Waals surface area contributed by atoms with E-state index >= 15 is 0 Å². The highest BCUT2D eigenvalue weighted by molar-refractivity contribution is 7.17. The summed E-state index contributed by atoms with van der Waals surface area (Å²) in [7, 11) is 0. The van der Waals surface area contributed by atoms with Crippen molar-refractivity contribution in [3.05, 3.63) is 98.6 Å². The van der Waals surface area contributed by atoms with E-state index in [0.29, 0.717) is 11.3 Å². The molecule has 1 amide bonds. The largest absolute Gasteiger partial charge is 0.508 e. The first-order valence-electron chi connectivity index (χ1n) is 10.4. The van der Waals surface area contributed by atoms with Crippen molar-refractivity contribution in [2.24, 2.45) is 0 Å². The van der Waals surface area contributed by atoms with Crippen LogP contribution in [0, 0.1) is 12.7 Å². The van der Waals surface area contributed by atoms with Crippen LogP contribution in [0.25, 0.3) is 11.0 Å². The Hall–Kier alpha value is -4.31. The van der Waals surface area contributed by atoms with Crippen LogP contribution in [0.3, 0.4) is 0 Å². The van der Waals surface area contributed by atoms with Gasteiger partial charge in [0.1, 0.15) is 28.6 Å². The molecule has 0 radical (unpaired) electrons. The molecule has 4 aromatic rings. The zero-order valence-corrected chi connectivity index (χ0v) is 19.1. The maximum Gasteiger partial charge on any atom is 0.350 e. The predicted octanol–water partition coefficient (Wildman–Crippen LogP) is 4.50. The molecule has 0 saturated carbocycles. The summed E-state index contributed by atoms with van der Waals surface area (Å²) in [5, 5.41) is 9.90. The van der Waals surface area contributed by atoms with Gasteiger partial charge in [0.25, 0.3) is 5.91 Å². The van der Waals surface area contributed by atoms with Gasteiger partial charge < -0.3 is 14.3 Å². The molecular weight excluding hydrogens is 475 g/mol. The average molecular weight is 492 g/mol. The van der Waals surface area contributed by atoms with Gasteiger partial charge in [-0.05, 0) is 42.8 Å². The van der Waals surface area contributed by atoms with Gasteiger partial charge in [-0.25, -0.2) is 14.2 Å². The molecule has 5 rings (SSSR count). The second-order valence-electron chi connectivity index (χ2n) is 7.78. The Morgan fingerprint density at radius 3 is 2.74 bits per heavy atom. The highest BCUT2D eigenvalue weighted by Crippen LogP contribution is 2.43. The van der Waals surface area contributed by atoms with Crippen molar-refractivity contribution >= 4 is 39.3 Å². The SMILES string of the molecule is C=CCOC(=O)c1sc(N2C(=O)c3oc4ccc(F)cc4c(=O)c3C2c2ccc(O)cc2)nc1C. The third kappa shape index (κ3) is 3.68. The number of phenolic OH excluding ortho intramolecular Hbond substituents is 1. The zero-order valence-electron chi connectivity index (χ0n) is 18.3. The number of aryl methyl sites for hydroxylation is 1. The molecule has 1 atom stereocenters. The molecule has 1 unspecified atom stereocenters. The average Bonchev–Trinajstić information content (AvgIpc) is 3.36. The number of hydrogen-bond donors (Lipinski definition) is 1. The molecule has 0 spiro atoms. The van der Waals surface area contributed by atoms with Crippen molar-refractivity contribution in [2.45, 2.75) is 13.0 Å². The van der Waals surface area contributed by atoms with Crippen LogP contribution in [0.5, 0.6) is 5.75 Å². The molecule has 0 aliphatic carbocycles. The Morgan fingerprint density at radius 2 is 2.03 bits per heavy atom. The minimum Gasteiger partial charge on any atom is -0.508 e. The van der Waals surface area contributed by atoms with Crippen molar-refractivity contribution in [1.29, 1.82) is 0 Å². The lowest BCUT2D eigenvalue weighted by Crippen LogP contribution is -2.29. The van der Waals surface area contributed by atoms with E-state index in [4.69, 9.17) is 9.15 Å². The fourth-order valence-electron chi connectivity index (χ4n) is 3.99. The van der Waals surface area contributed by atoms with Gasteiger partial charge in [-0.3, -0.25) is 14.5 Å². The lowest BCUT2D eigenvalue weighted by atomic mass is 9.98. The van der Waals surface area contributed by atoms with E-state index in [0.717, 1.165) is 23.5 Å². The van der Waals surface area contributed by atoms with E-state index < -0.39 is 29.2 Å². The third-order valence-electron chi connectivity index (χ3n) is 5.55. The standard InChI is InChI=1S/C25H17FN2O6S/c1-3-10-33-24(32)22-12(2)27-25(35-22)28-19(13-4-7-15(29)8-5-13)18-20(30)16-11-14(26)6-9-17(16)34-21(18)23(28)31/h3-9,11,19,29H,1,10H2,2H3. The lowest BCUT2D eigenvalue weighted by molar-refractivity contribution is 0.0554. The molecular formula is C25H17FN2O6S. The number of rotatable bonds is 5. The lowest BCUT2D eigenvalue weighted by Gasteiger charge is -2.22. The Balaban J connectivity index is 1.72. The van der Waals surface area contributed by atoms with E-state index in [1.165, 1.54) is 29.2 Å². The fraction of sp³-hybridized carbons (Fsp3) is 0.120. The van der Waals surface area contributed by atoms with E-state index in [1.54, 1.807) is 19.1 Å². The molecule has 0 fully saturated rings. The number of carbonyl (C=O) groups excluding carboxylic acids is 2. The van der Waals surface area contributed by atoms with Crippen LogP contribution in [0.1, 0.15) is 43.1 Å². The molecule has 10 heteroatoms. The number of aromatic nitrogens is 1. The van der Waals surface area contributed by atoms with Crippen molar-refractivity contribution < 1.29 is 28.2 Å². The number of hydrogen-bond acceptors (Lipinski definition) is 8. The predicted molar refractivity (Wildman–Crippen MR) is 127 cm³/mol. The topological polar surface area (TPSA) is 110 Å². The molecule has 0 saturated heterocycles. The summed E-state index contributed by atoms with van der Waals surface area (Å²) in [5.41, 5.74) is 0.357. The van der Waals surface area contributed by atoms with Gasteiger partial charge in [-0.15, -0.1) is 0 Å². The fourth-order valence-corrected chi connectivity index (χ4v) is 4.98. The minimum atomic E-state index is -0.982. The smallest absolute Gasteiger partial charge is 0.350 e. The molecule has 3 heterocycles. The summed E-state index contributed by atoms with van der Waals surface area (Å²) in [6.07, 6.45) is 1.43. The summed E-state index contributed by atoms with van der Waals surface area (Å²) in [4.78, 5) is 45.4. The Labute approximate surface area is 201 Å². The van der Waals surface area contributed by atoms with Crippen LogP contribution in [-0.4, -0.2) is 28.6 Å². The van der Waals surface area contributed by atoms with Gasteiger partial charge in [0, 0.05) is 0 Å². The number of amides is 1. The Kier molecular flexibility index (Phi) is 5.45. The van der Waals surface area contributed by atoms with Crippen molar-refractivity contribution in [3.63, 3.8) is 0 Å². The molecule has 1 N–H and O–H groups in total. The van der Waals surface area contributed by atoms with E-state index in [-0.39, 0.29) is 44.7 Å². The number of aromatic hydroxyl groups is 1. The zero-order chi connectivity index (χ0) is 24.9. The molecule has 176 valence electrons. The van der Waals surface area contributed by atoms with Gasteiger partial charge in [-0.1, -0.05) is 36.1 Å². The number of nitrogens with zero attached hydrogens (tertiary/aromatic N) is 2. The van der Waals surface area contributed by atoms with Crippen LogP contribution in [0.15, 0.2) is 64.3 Å². The van der Waals surface area contributed by atoms with E-state index in [2.05, 4.69) is 11.6 Å². The number of carbonyl (C=O) groups is 2. The molecule has 1 aliphatic rings. The van der Waals surface area contributed by atoms with Gasteiger partial charge in [0.15, 0.2) is 10.6 Å². The first-order valence-corrected chi connectivity index (χ1v) is 11.3. The maximum atomic E-state index is 13.9. The highest BCUT2D eigenvalue weighted by Gasteiger charge is 2.45. The van der Waals surface area contributed by atoms with Crippen LogP contribution in [-0.2, 0) is 4.74 Å². The molecule has 1 aliphatic heterocycles. The quantitative estimate of drug-likeness (QED) is 0.323. The Bertz CT molecular complexity index is 1570.